The average Bonchev–Trinajstić information content (AvgIpc) is 2.66. The van der Waals surface area contributed by atoms with Crippen LogP contribution in [-0.4, -0.2) is 32.1 Å². The molecule has 0 aliphatic heterocycles. The number of hydrogen-bond donors (Lipinski definition) is 2. The summed E-state index contributed by atoms with van der Waals surface area (Å²) in [5.41, 5.74) is 6.68. The third kappa shape index (κ3) is 4.22. The Morgan fingerprint density at radius 1 is 1.21 bits per heavy atom. The van der Waals surface area contributed by atoms with Crippen LogP contribution in [0.4, 0.5) is 0 Å². The van der Waals surface area contributed by atoms with E-state index in [1.54, 1.807) is 0 Å². The van der Waals surface area contributed by atoms with Crippen LogP contribution >= 0.6 is 11.6 Å². The molecule has 7 heteroatoms. The summed E-state index contributed by atoms with van der Waals surface area (Å²) in [4.78, 5) is 23.7. The van der Waals surface area contributed by atoms with Crippen molar-refractivity contribution in [1.29, 1.82) is 0 Å². The van der Waals surface area contributed by atoms with E-state index in [-0.39, 0.29) is 34.5 Å². The highest BCUT2D eigenvalue weighted by molar-refractivity contribution is 6.32. The Morgan fingerprint density at radius 3 is 2.50 bits per heavy atom. The number of methoxy groups -OCH3 is 1. The van der Waals surface area contributed by atoms with Crippen molar-refractivity contribution in [1.82, 2.24) is 5.32 Å². The number of halogens is 1. The van der Waals surface area contributed by atoms with Crippen LogP contribution < -0.4 is 20.5 Å². The lowest BCUT2D eigenvalue weighted by molar-refractivity contribution is -0.119. The third-order valence-electron chi connectivity index (χ3n) is 5.13. The van der Waals surface area contributed by atoms with E-state index in [0.717, 1.165) is 19.3 Å². The first-order valence-corrected chi connectivity index (χ1v) is 9.45. The van der Waals surface area contributed by atoms with E-state index in [2.05, 4.69) is 17.4 Å². The molecule has 28 heavy (non-hydrogen) atoms. The van der Waals surface area contributed by atoms with Crippen molar-refractivity contribution in [3.8, 4) is 11.5 Å². The van der Waals surface area contributed by atoms with Gasteiger partial charge in [-0.1, -0.05) is 48.4 Å². The predicted molar refractivity (Wildman–Crippen MR) is 107 cm³/mol. The molecule has 3 N–H and O–H groups in total. The summed E-state index contributed by atoms with van der Waals surface area (Å²) in [6, 6.07) is 13.3. The largest absolute Gasteiger partial charge is 0.493 e. The highest BCUT2D eigenvalue weighted by Crippen LogP contribution is 2.43. The van der Waals surface area contributed by atoms with Crippen LogP contribution in [0.2, 0.25) is 5.02 Å². The van der Waals surface area contributed by atoms with Gasteiger partial charge in [-0.2, -0.15) is 0 Å². The topological polar surface area (TPSA) is 90.7 Å². The van der Waals surface area contributed by atoms with E-state index in [1.807, 2.05) is 18.2 Å². The van der Waals surface area contributed by atoms with Crippen LogP contribution in [0.1, 0.15) is 35.2 Å². The first-order chi connectivity index (χ1) is 13.4. The maximum atomic E-state index is 12.7. The van der Waals surface area contributed by atoms with Gasteiger partial charge < -0.3 is 20.5 Å². The fraction of sp³-hybridized carbons (Fsp3) is 0.333. The highest BCUT2D eigenvalue weighted by atomic mass is 35.5. The second-order valence-electron chi connectivity index (χ2n) is 6.93. The van der Waals surface area contributed by atoms with Crippen LogP contribution in [0.15, 0.2) is 42.5 Å². The van der Waals surface area contributed by atoms with E-state index in [0.29, 0.717) is 12.1 Å². The summed E-state index contributed by atoms with van der Waals surface area (Å²) >= 11 is 6.23. The molecule has 3 rings (SSSR count). The fourth-order valence-electron chi connectivity index (χ4n) is 3.45. The van der Waals surface area contributed by atoms with Gasteiger partial charge in [-0.3, -0.25) is 9.59 Å². The summed E-state index contributed by atoms with van der Waals surface area (Å²) in [7, 11) is 1.43. The van der Waals surface area contributed by atoms with Crippen molar-refractivity contribution in [2.75, 3.05) is 20.3 Å². The number of nitrogens with one attached hydrogen (secondary N) is 1. The average molecular weight is 403 g/mol. The Kier molecular flexibility index (Phi) is 6.09. The second kappa shape index (κ2) is 8.52. The molecular formula is C21H23ClN2O4. The maximum absolute atomic E-state index is 12.7. The smallest absolute Gasteiger partial charge is 0.255 e. The number of primary amides is 1. The number of hydrogen-bond acceptors (Lipinski definition) is 4. The number of ether oxygens (including phenoxy) is 2. The first-order valence-electron chi connectivity index (χ1n) is 9.07. The van der Waals surface area contributed by atoms with E-state index in [4.69, 9.17) is 26.8 Å². The van der Waals surface area contributed by atoms with E-state index in [1.165, 1.54) is 24.8 Å². The minimum atomic E-state index is -0.633. The minimum absolute atomic E-state index is 0.0185. The number of carbonyl (C=O) groups excluding carboxylic acids is 2. The second-order valence-corrected chi connectivity index (χ2v) is 7.33. The summed E-state index contributed by atoms with van der Waals surface area (Å²) < 4.78 is 10.5. The summed E-state index contributed by atoms with van der Waals surface area (Å²) in [5.74, 6) is -0.435. The zero-order valence-electron chi connectivity index (χ0n) is 15.7. The standard InChI is InChI=1S/C21H23ClN2O4/c1-27-17-11-14(10-16(22)19(17)28-12-18(23)25)20(26)24-13-21(8-5-9-21)15-6-3-2-4-7-15/h2-4,6-7,10-11H,5,8-9,12-13H2,1H3,(H2,23,25)(H,24,26). The fourth-order valence-corrected chi connectivity index (χ4v) is 3.71. The molecule has 0 heterocycles. The molecule has 2 amide bonds. The Labute approximate surface area is 169 Å². The predicted octanol–water partition coefficient (Wildman–Crippen LogP) is 3.06. The zero-order chi connectivity index (χ0) is 20.1. The monoisotopic (exact) mass is 402 g/mol. The van der Waals surface area contributed by atoms with Crippen molar-refractivity contribution in [2.24, 2.45) is 5.73 Å². The molecule has 1 aliphatic carbocycles. The summed E-state index contributed by atoms with van der Waals surface area (Å²) in [6.07, 6.45) is 3.23. The van der Waals surface area contributed by atoms with Gasteiger partial charge in [0.15, 0.2) is 18.1 Å². The number of carbonyl (C=O) groups is 2. The molecule has 0 atom stereocenters. The quantitative estimate of drug-likeness (QED) is 0.710. The molecule has 0 aromatic heterocycles. The minimum Gasteiger partial charge on any atom is -0.493 e. The van der Waals surface area contributed by atoms with Gasteiger partial charge in [0.2, 0.25) is 0 Å². The SMILES string of the molecule is COc1cc(C(=O)NCC2(c3ccccc3)CCC2)cc(Cl)c1OCC(N)=O. The molecule has 148 valence electrons. The molecule has 1 saturated carbocycles. The van der Waals surface area contributed by atoms with Crippen molar-refractivity contribution in [3.63, 3.8) is 0 Å². The van der Waals surface area contributed by atoms with Crippen molar-refractivity contribution < 1.29 is 19.1 Å². The van der Waals surface area contributed by atoms with E-state index in [9.17, 15) is 9.59 Å². The molecule has 6 nitrogen and oxygen atoms in total. The summed E-state index contributed by atoms with van der Waals surface area (Å²) in [5, 5.41) is 3.19. The van der Waals surface area contributed by atoms with Gasteiger partial charge in [-0.25, -0.2) is 0 Å². The van der Waals surface area contributed by atoms with Gasteiger partial charge in [-0.05, 0) is 30.5 Å². The number of benzene rings is 2. The molecule has 2 aromatic rings. The van der Waals surface area contributed by atoms with Gasteiger partial charge in [0.05, 0.1) is 12.1 Å². The maximum Gasteiger partial charge on any atom is 0.255 e. The lowest BCUT2D eigenvalue weighted by Crippen LogP contribution is -2.45. The molecule has 0 spiro atoms. The molecule has 0 unspecified atom stereocenters. The molecule has 0 saturated heterocycles. The summed E-state index contributed by atoms with van der Waals surface area (Å²) in [6.45, 7) is 0.219. The molecule has 1 aliphatic rings. The van der Waals surface area contributed by atoms with Crippen molar-refractivity contribution in [3.05, 3.63) is 58.6 Å². The molecule has 1 fully saturated rings. The van der Waals surface area contributed by atoms with Crippen molar-refractivity contribution >= 4 is 23.4 Å². The van der Waals surface area contributed by atoms with Crippen LogP contribution in [0.5, 0.6) is 11.5 Å². The van der Waals surface area contributed by atoms with Gasteiger partial charge in [-0.15, -0.1) is 0 Å². The Morgan fingerprint density at radius 2 is 1.93 bits per heavy atom. The lowest BCUT2D eigenvalue weighted by atomic mass is 9.64. The van der Waals surface area contributed by atoms with Crippen LogP contribution in [0.25, 0.3) is 0 Å². The Hall–Kier alpha value is -2.73. The highest BCUT2D eigenvalue weighted by Gasteiger charge is 2.38. The third-order valence-corrected chi connectivity index (χ3v) is 5.42. The molecule has 2 aromatic carbocycles. The Bertz CT molecular complexity index is 866. The van der Waals surface area contributed by atoms with Gasteiger partial charge >= 0.3 is 0 Å². The number of amides is 2. The molecular weight excluding hydrogens is 380 g/mol. The number of rotatable bonds is 8. The normalized spacial score (nSPS) is 14.6. The number of nitrogens with two attached hydrogens (primary N) is 1. The van der Waals surface area contributed by atoms with E-state index < -0.39 is 5.91 Å². The zero-order valence-corrected chi connectivity index (χ0v) is 16.4. The lowest BCUT2D eigenvalue weighted by Gasteiger charge is -2.42. The molecule has 0 bridgehead atoms. The van der Waals surface area contributed by atoms with Crippen LogP contribution in [-0.2, 0) is 10.2 Å². The van der Waals surface area contributed by atoms with Crippen molar-refractivity contribution in [2.45, 2.75) is 24.7 Å². The van der Waals surface area contributed by atoms with Crippen LogP contribution in [0, 0.1) is 0 Å². The molecule has 0 radical (unpaired) electrons. The Balaban J connectivity index is 1.74. The van der Waals surface area contributed by atoms with E-state index >= 15 is 0 Å². The first kappa shape index (κ1) is 20.0. The van der Waals surface area contributed by atoms with Gasteiger partial charge in [0, 0.05) is 17.5 Å². The van der Waals surface area contributed by atoms with Crippen LogP contribution in [0.3, 0.4) is 0 Å². The van der Waals surface area contributed by atoms with Gasteiger partial charge in [0.25, 0.3) is 11.8 Å². The van der Waals surface area contributed by atoms with Gasteiger partial charge in [0.1, 0.15) is 0 Å².